The maximum Gasteiger partial charge on any atom is 0.263 e. The van der Waals surface area contributed by atoms with Gasteiger partial charge >= 0.3 is 0 Å². The lowest BCUT2D eigenvalue weighted by atomic mass is 10.1. The van der Waals surface area contributed by atoms with Gasteiger partial charge in [0.1, 0.15) is 11.5 Å². The molecule has 2 aromatic heterocycles. The minimum absolute atomic E-state index is 0.535. The first-order chi connectivity index (χ1) is 13.1. The lowest BCUT2D eigenvalue weighted by molar-refractivity contribution is 0.193. The van der Waals surface area contributed by atoms with E-state index < -0.39 is 0 Å². The van der Waals surface area contributed by atoms with E-state index in [1.807, 2.05) is 38.1 Å². The van der Waals surface area contributed by atoms with Crippen LogP contribution in [0.1, 0.15) is 29.2 Å². The zero-order valence-electron chi connectivity index (χ0n) is 15.9. The van der Waals surface area contributed by atoms with Crippen LogP contribution in [0, 0.1) is 13.8 Å². The Hall–Kier alpha value is -2.73. The van der Waals surface area contributed by atoms with Crippen molar-refractivity contribution in [2.24, 2.45) is 0 Å². The highest BCUT2D eigenvalue weighted by molar-refractivity contribution is 5.47. The quantitative estimate of drug-likeness (QED) is 0.682. The van der Waals surface area contributed by atoms with Gasteiger partial charge in [-0.05, 0) is 38.5 Å². The summed E-state index contributed by atoms with van der Waals surface area (Å²) in [6.07, 6.45) is 0.943. The summed E-state index contributed by atoms with van der Waals surface area (Å²) in [5, 5.41) is 0. The van der Waals surface area contributed by atoms with Gasteiger partial charge in [0.15, 0.2) is 17.3 Å². The number of furan rings is 1. The van der Waals surface area contributed by atoms with Crippen LogP contribution in [0.4, 0.5) is 0 Å². The van der Waals surface area contributed by atoms with Crippen molar-refractivity contribution in [3.63, 3.8) is 0 Å². The molecule has 0 bridgehead atoms. The minimum atomic E-state index is 0.535. The van der Waals surface area contributed by atoms with Crippen molar-refractivity contribution in [2.45, 2.75) is 33.4 Å². The van der Waals surface area contributed by atoms with E-state index in [1.165, 1.54) is 0 Å². The molecular formula is C21H24N2O4. The first-order valence-corrected chi connectivity index (χ1v) is 9.18. The highest BCUT2D eigenvalue weighted by atomic mass is 16.5. The lowest BCUT2D eigenvalue weighted by Crippen LogP contribution is -2.28. The van der Waals surface area contributed by atoms with Crippen LogP contribution in [0.2, 0.25) is 0 Å². The smallest absolute Gasteiger partial charge is 0.263 e. The third-order valence-electron chi connectivity index (χ3n) is 4.76. The van der Waals surface area contributed by atoms with E-state index in [9.17, 15) is 0 Å². The van der Waals surface area contributed by atoms with Crippen LogP contribution in [0.25, 0.3) is 11.7 Å². The number of fused-ring (bicyclic) bond motifs is 1. The molecule has 0 atom stereocenters. The number of nitrogens with zero attached hydrogens (tertiary/aromatic N) is 2. The summed E-state index contributed by atoms with van der Waals surface area (Å²) >= 11 is 0. The van der Waals surface area contributed by atoms with Gasteiger partial charge in [-0.1, -0.05) is 12.1 Å². The SMILES string of the molecule is COc1cccc2c1OCCCN(Cc1nc(-c3ccc(C)o3)oc1C)C2. The number of para-hydroxylation sites is 1. The van der Waals surface area contributed by atoms with Gasteiger partial charge in [0, 0.05) is 25.2 Å². The number of benzene rings is 1. The summed E-state index contributed by atoms with van der Waals surface area (Å²) in [7, 11) is 1.67. The van der Waals surface area contributed by atoms with E-state index in [0.29, 0.717) is 24.8 Å². The highest BCUT2D eigenvalue weighted by Gasteiger charge is 2.20. The van der Waals surface area contributed by atoms with Crippen LogP contribution < -0.4 is 9.47 Å². The fraction of sp³-hybridized carbons (Fsp3) is 0.381. The van der Waals surface area contributed by atoms with E-state index in [4.69, 9.17) is 18.3 Å². The Kier molecular flexibility index (Phi) is 4.90. The predicted octanol–water partition coefficient (Wildman–Crippen LogP) is 4.34. The molecule has 27 heavy (non-hydrogen) atoms. The van der Waals surface area contributed by atoms with Gasteiger partial charge in [-0.15, -0.1) is 0 Å². The molecular weight excluding hydrogens is 344 g/mol. The molecule has 0 aliphatic carbocycles. The predicted molar refractivity (Wildman–Crippen MR) is 101 cm³/mol. The van der Waals surface area contributed by atoms with Gasteiger partial charge in [-0.3, -0.25) is 4.90 Å². The second kappa shape index (κ2) is 7.48. The monoisotopic (exact) mass is 368 g/mol. The topological polar surface area (TPSA) is 60.9 Å². The zero-order valence-corrected chi connectivity index (χ0v) is 15.9. The average Bonchev–Trinajstić information content (AvgIpc) is 3.23. The van der Waals surface area contributed by atoms with Crippen molar-refractivity contribution < 1.29 is 18.3 Å². The highest BCUT2D eigenvalue weighted by Crippen LogP contribution is 2.33. The number of hydrogen-bond donors (Lipinski definition) is 0. The summed E-state index contributed by atoms with van der Waals surface area (Å²) < 4.78 is 22.9. The molecule has 0 spiro atoms. The third-order valence-corrected chi connectivity index (χ3v) is 4.76. The summed E-state index contributed by atoms with van der Waals surface area (Å²) in [5.74, 6) is 4.49. The number of ether oxygens (including phenoxy) is 2. The molecule has 1 aromatic carbocycles. The molecule has 142 valence electrons. The average molecular weight is 368 g/mol. The van der Waals surface area contributed by atoms with Crippen LogP contribution in [0.3, 0.4) is 0 Å². The zero-order chi connectivity index (χ0) is 18.8. The molecule has 6 nitrogen and oxygen atoms in total. The van der Waals surface area contributed by atoms with Crippen LogP contribution in [-0.2, 0) is 13.1 Å². The Morgan fingerprint density at radius 2 is 2.04 bits per heavy atom. The van der Waals surface area contributed by atoms with E-state index in [-0.39, 0.29) is 0 Å². The molecule has 0 saturated heterocycles. The van der Waals surface area contributed by atoms with Crippen LogP contribution >= 0.6 is 0 Å². The summed E-state index contributed by atoms with van der Waals surface area (Å²) in [5.41, 5.74) is 2.06. The van der Waals surface area contributed by atoms with Gasteiger partial charge in [-0.25, -0.2) is 4.98 Å². The molecule has 0 N–H and O–H groups in total. The van der Waals surface area contributed by atoms with E-state index in [1.54, 1.807) is 7.11 Å². The van der Waals surface area contributed by atoms with Crippen LogP contribution in [0.15, 0.2) is 39.2 Å². The summed E-state index contributed by atoms with van der Waals surface area (Å²) in [6.45, 7) is 6.94. The number of methoxy groups -OCH3 is 1. The number of rotatable bonds is 4. The fourth-order valence-corrected chi connectivity index (χ4v) is 3.37. The van der Waals surface area contributed by atoms with Crippen molar-refractivity contribution in [1.29, 1.82) is 0 Å². The van der Waals surface area contributed by atoms with E-state index in [2.05, 4.69) is 16.0 Å². The second-order valence-corrected chi connectivity index (χ2v) is 6.79. The molecule has 0 radical (unpaired) electrons. The molecule has 0 saturated carbocycles. The maximum atomic E-state index is 5.94. The number of aryl methyl sites for hydroxylation is 2. The molecule has 3 aromatic rings. The lowest BCUT2D eigenvalue weighted by Gasteiger charge is -2.26. The molecule has 6 heteroatoms. The molecule has 1 aliphatic rings. The Morgan fingerprint density at radius 3 is 2.81 bits per heavy atom. The first kappa shape index (κ1) is 17.7. The van der Waals surface area contributed by atoms with Gasteiger partial charge in [0.25, 0.3) is 5.89 Å². The summed E-state index contributed by atoms with van der Waals surface area (Å²) in [4.78, 5) is 7.04. The van der Waals surface area contributed by atoms with Crippen LogP contribution in [-0.4, -0.2) is 30.1 Å². The van der Waals surface area contributed by atoms with Crippen molar-refractivity contribution in [2.75, 3.05) is 20.3 Å². The van der Waals surface area contributed by atoms with Crippen LogP contribution in [0.5, 0.6) is 11.5 Å². The third kappa shape index (κ3) is 3.71. The molecule has 0 unspecified atom stereocenters. The largest absolute Gasteiger partial charge is 0.493 e. The minimum Gasteiger partial charge on any atom is -0.493 e. The fourth-order valence-electron chi connectivity index (χ4n) is 3.37. The Labute approximate surface area is 158 Å². The molecule has 4 rings (SSSR count). The number of oxazole rings is 1. The molecule has 0 amide bonds. The van der Waals surface area contributed by atoms with Gasteiger partial charge < -0.3 is 18.3 Å². The molecule has 1 aliphatic heterocycles. The number of aromatic nitrogens is 1. The molecule has 0 fully saturated rings. The van der Waals surface area contributed by atoms with Crippen molar-refractivity contribution in [1.82, 2.24) is 9.88 Å². The number of hydrogen-bond acceptors (Lipinski definition) is 6. The normalized spacial score (nSPS) is 14.9. The summed E-state index contributed by atoms with van der Waals surface area (Å²) in [6, 6.07) is 9.82. The Bertz CT molecular complexity index is 928. The van der Waals surface area contributed by atoms with Crippen molar-refractivity contribution in [3.05, 3.63) is 53.1 Å². The maximum absolute atomic E-state index is 5.94. The Balaban J connectivity index is 1.56. The second-order valence-electron chi connectivity index (χ2n) is 6.79. The standard InChI is InChI=1S/C21H24N2O4/c1-14-8-9-19(26-14)21-22-17(15(2)27-21)13-23-10-5-11-25-20-16(12-23)6-4-7-18(20)24-3/h4,6-9H,5,10-13H2,1-3H3. The Morgan fingerprint density at radius 1 is 1.15 bits per heavy atom. The first-order valence-electron chi connectivity index (χ1n) is 9.18. The van der Waals surface area contributed by atoms with E-state index in [0.717, 1.165) is 53.8 Å². The van der Waals surface area contributed by atoms with E-state index >= 15 is 0 Å². The van der Waals surface area contributed by atoms with Gasteiger partial charge in [0.2, 0.25) is 0 Å². The van der Waals surface area contributed by atoms with Crippen molar-refractivity contribution >= 4 is 0 Å². The molecule has 3 heterocycles. The van der Waals surface area contributed by atoms with Gasteiger partial charge in [-0.2, -0.15) is 0 Å². The van der Waals surface area contributed by atoms with Crippen molar-refractivity contribution in [3.8, 4) is 23.1 Å². The van der Waals surface area contributed by atoms with Gasteiger partial charge in [0.05, 0.1) is 19.4 Å².